The summed E-state index contributed by atoms with van der Waals surface area (Å²) in [6.07, 6.45) is 2.60. The molecule has 23 heavy (non-hydrogen) atoms. The number of anilines is 1. The second kappa shape index (κ2) is 7.45. The minimum Gasteiger partial charge on any atom is -0.392 e. The molecule has 1 aliphatic heterocycles. The summed E-state index contributed by atoms with van der Waals surface area (Å²) in [6.45, 7) is 9.53. The first kappa shape index (κ1) is 17.9. The maximum atomic E-state index is 12.3. The van der Waals surface area contributed by atoms with Gasteiger partial charge in [-0.05, 0) is 45.2 Å². The minimum atomic E-state index is -0.560. The van der Waals surface area contributed by atoms with Crippen LogP contribution in [0.1, 0.15) is 52.7 Å². The van der Waals surface area contributed by atoms with Crippen molar-refractivity contribution in [1.29, 1.82) is 0 Å². The highest BCUT2D eigenvalue weighted by Gasteiger charge is 2.30. The van der Waals surface area contributed by atoms with Crippen LogP contribution in [0.25, 0.3) is 0 Å². The smallest absolute Gasteiger partial charge is 0.231 e. The molecule has 6 nitrogen and oxygen atoms in total. The van der Waals surface area contributed by atoms with Crippen molar-refractivity contribution in [2.75, 3.05) is 18.4 Å². The second-order valence-corrected chi connectivity index (χ2v) is 7.29. The Morgan fingerprint density at radius 3 is 2.74 bits per heavy atom. The molecule has 1 fully saturated rings. The Morgan fingerprint density at radius 2 is 2.13 bits per heavy atom. The van der Waals surface area contributed by atoms with E-state index in [1.165, 1.54) is 0 Å². The van der Waals surface area contributed by atoms with E-state index < -0.39 is 11.5 Å². The van der Waals surface area contributed by atoms with Crippen molar-refractivity contribution in [3.63, 3.8) is 0 Å². The van der Waals surface area contributed by atoms with E-state index in [2.05, 4.69) is 15.8 Å². The van der Waals surface area contributed by atoms with Crippen molar-refractivity contribution in [2.45, 2.75) is 58.5 Å². The molecule has 2 heterocycles. The van der Waals surface area contributed by atoms with E-state index in [1.54, 1.807) is 13.0 Å². The van der Waals surface area contributed by atoms with Crippen molar-refractivity contribution in [3.05, 3.63) is 11.8 Å². The number of amides is 1. The molecular formula is C17H29N3O3. The number of rotatable bonds is 6. The summed E-state index contributed by atoms with van der Waals surface area (Å²) in [5.74, 6) is 0.852. The highest BCUT2D eigenvalue weighted by atomic mass is 16.5. The number of hydrogen-bond acceptors (Lipinski definition) is 5. The number of aliphatic hydroxyl groups is 1. The highest BCUT2D eigenvalue weighted by molar-refractivity contribution is 5.91. The normalized spacial score (nSPS) is 19.3. The Labute approximate surface area is 138 Å². The Bertz CT molecular complexity index is 519. The quantitative estimate of drug-likeness (QED) is 0.748. The standard InChI is InChI=1S/C17H29N3O3/c1-11(9-13-5-7-18-8-6-13)16(22)19-15-10-14(20-23-15)17(3,4)12(2)21/h10-13,18,21H,5-9H2,1-4H3,(H,19,22). The summed E-state index contributed by atoms with van der Waals surface area (Å²) in [5, 5.41) is 19.9. The predicted octanol–water partition coefficient (Wildman–Crippen LogP) is 2.30. The zero-order valence-corrected chi connectivity index (χ0v) is 14.6. The number of aromatic nitrogens is 1. The monoisotopic (exact) mass is 323 g/mol. The number of hydrogen-bond donors (Lipinski definition) is 3. The lowest BCUT2D eigenvalue weighted by Gasteiger charge is -2.25. The number of carbonyl (C=O) groups is 1. The first-order valence-corrected chi connectivity index (χ1v) is 8.47. The van der Waals surface area contributed by atoms with Crippen LogP contribution >= 0.6 is 0 Å². The van der Waals surface area contributed by atoms with Gasteiger partial charge in [-0.2, -0.15) is 0 Å². The lowest BCUT2D eigenvalue weighted by molar-refractivity contribution is -0.120. The van der Waals surface area contributed by atoms with E-state index >= 15 is 0 Å². The topological polar surface area (TPSA) is 87.4 Å². The molecule has 0 radical (unpaired) electrons. The van der Waals surface area contributed by atoms with E-state index in [-0.39, 0.29) is 11.8 Å². The van der Waals surface area contributed by atoms with E-state index in [0.717, 1.165) is 32.4 Å². The van der Waals surface area contributed by atoms with E-state index in [9.17, 15) is 9.90 Å². The maximum absolute atomic E-state index is 12.3. The van der Waals surface area contributed by atoms with Crippen molar-refractivity contribution in [1.82, 2.24) is 10.5 Å². The zero-order chi connectivity index (χ0) is 17.0. The fourth-order valence-electron chi connectivity index (χ4n) is 2.82. The van der Waals surface area contributed by atoms with Crippen molar-refractivity contribution in [2.24, 2.45) is 11.8 Å². The molecule has 1 aromatic heterocycles. The molecule has 0 aromatic carbocycles. The average molecular weight is 323 g/mol. The molecular weight excluding hydrogens is 294 g/mol. The van der Waals surface area contributed by atoms with Crippen LogP contribution in [-0.2, 0) is 10.2 Å². The third kappa shape index (κ3) is 4.54. The largest absolute Gasteiger partial charge is 0.392 e. The molecule has 1 aromatic rings. The van der Waals surface area contributed by atoms with E-state index in [1.807, 2.05) is 20.8 Å². The van der Waals surface area contributed by atoms with Crippen LogP contribution < -0.4 is 10.6 Å². The molecule has 2 unspecified atom stereocenters. The first-order chi connectivity index (χ1) is 10.8. The van der Waals surface area contributed by atoms with Gasteiger partial charge in [-0.3, -0.25) is 10.1 Å². The van der Waals surface area contributed by atoms with Crippen LogP contribution in [0.3, 0.4) is 0 Å². The maximum Gasteiger partial charge on any atom is 0.231 e. The molecule has 1 saturated heterocycles. The molecule has 3 N–H and O–H groups in total. The van der Waals surface area contributed by atoms with Crippen molar-refractivity contribution >= 4 is 11.8 Å². The van der Waals surface area contributed by atoms with E-state index in [4.69, 9.17) is 4.52 Å². The molecule has 2 atom stereocenters. The third-order valence-corrected chi connectivity index (χ3v) is 5.05. The van der Waals surface area contributed by atoms with Crippen LogP contribution in [0.2, 0.25) is 0 Å². The van der Waals surface area contributed by atoms with Crippen LogP contribution in [0.15, 0.2) is 10.6 Å². The van der Waals surface area contributed by atoms with Gasteiger partial charge in [0, 0.05) is 17.4 Å². The third-order valence-electron chi connectivity index (χ3n) is 5.05. The molecule has 1 aliphatic rings. The summed E-state index contributed by atoms with van der Waals surface area (Å²) in [6, 6.07) is 1.70. The molecule has 0 saturated carbocycles. The fourth-order valence-corrected chi connectivity index (χ4v) is 2.82. The van der Waals surface area contributed by atoms with E-state index in [0.29, 0.717) is 17.5 Å². The second-order valence-electron chi connectivity index (χ2n) is 7.29. The van der Waals surface area contributed by atoms with Crippen molar-refractivity contribution < 1.29 is 14.4 Å². The Kier molecular flexibility index (Phi) is 5.81. The molecule has 0 spiro atoms. The van der Waals surface area contributed by atoms with Gasteiger partial charge in [-0.25, -0.2) is 0 Å². The zero-order valence-electron chi connectivity index (χ0n) is 14.6. The summed E-state index contributed by atoms with van der Waals surface area (Å²) < 4.78 is 5.21. The number of nitrogens with one attached hydrogen (secondary N) is 2. The van der Waals surface area contributed by atoms with Crippen molar-refractivity contribution in [3.8, 4) is 0 Å². The Hall–Kier alpha value is -1.40. The molecule has 0 bridgehead atoms. The molecule has 6 heteroatoms. The lowest BCUT2D eigenvalue weighted by Crippen LogP contribution is -2.31. The van der Waals surface area contributed by atoms with Crippen LogP contribution in [0, 0.1) is 11.8 Å². The summed E-state index contributed by atoms with van der Waals surface area (Å²) >= 11 is 0. The summed E-state index contributed by atoms with van der Waals surface area (Å²) in [5.41, 5.74) is 0.113. The summed E-state index contributed by atoms with van der Waals surface area (Å²) in [7, 11) is 0. The van der Waals surface area contributed by atoms with Gasteiger partial charge in [-0.1, -0.05) is 25.9 Å². The number of nitrogens with zero attached hydrogens (tertiary/aromatic N) is 1. The average Bonchev–Trinajstić information content (AvgIpc) is 2.97. The van der Waals surface area contributed by atoms with Gasteiger partial charge in [0.1, 0.15) is 0 Å². The Balaban J connectivity index is 1.91. The SMILES string of the molecule is CC(CC1CCNCC1)C(=O)Nc1cc(C(C)(C)C(C)O)no1. The molecule has 1 amide bonds. The number of aliphatic hydroxyl groups excluding tert-OH is 1. The predicted molar refractivity (Wildman–Crippen MR) is 89.2 cm³/mol. The molecule has 2 rings (SSSR count). The van der Waals surface area contributed by atoms with Gasteiger partial charge in [0.2, 0.25) is 11.8 Å². The summed E-state index contributed by atoms with van der Waals surface area (Å²) in [4.78, 5) is 12.3. The van der Waals surface area contributed by atoms with Crippen LogP contribution in [0.5, 0.6) is 0 Å². The molecule has 0 aliphatic carbocycles. The van der Waals surface area contributed by atoms with Gasteiger partial charge in [0.05, 0.1) is 11.8 Å². The minimum absolute atomic E-state index is 0.0407. The number of piperidine rings is 1. The fraction of sp³-hybridized carbons (Fsp3) is 0.765. The molecule has 130 valence electrons. The van der Waals surface area contributed by atoms with Gasteiger partial charge in [0.25, 0.3) is 0 Å². The first-order valence-electron chi connectivity index (χ1n) is 8.47. The highest BCUT2D eigenvalue weighted by Crippen LogP contribution is 2.28. The van der Waals surface area contributed by atoms with Gasteiger partial charge >= 0.3 is 0 Å². The number of carbonyl (C=O) groups excluding carboxylic acids is 1. The van der Waals surface area contributed by atoms with Gasteiger partial charge in [-0.15, -0.1) is 0 Å². The van der Waals surface area contributed by atoms with Gasteiger partial charge in [0.15, 0.2) is 0 Å². The lowest BCUT2D eigenvalue weighted by atomic mass is 9.84. The van der Waals surface area contributed by atoms with Crippen LogP contribution in [0.4, 0.5) is 5.88 Å². The Morgan fingerprint density at radius 1 is 1.48 bits per heavy atom. The van der Waals surface area contributed by atoms with Crippen LogP contribution in [-0.4, -0.2) is 35.4 Å². The van der Waals surface area contributed by atoms with Gasteiger partial charge < -0.3 is 14.9 Å².